The zero-order chi connectivity index (χ0) is 21.8. The summed E-state index contributed by atoms with van der Waals surface area (Å²) in [6, 6.07) is 12.0. The Labute approximate surface area is 174 Å². The first-order valence-electron chi connectivity index (χ1n) is 9.40. The molecule has 156 valence electrons. The number of carbonyl (C=O) groups excluding carboxylic acids is 1. The zero-order valence-corrected chi connectivity index (χ0v) is 17.3. The highest BCUT2D eigenvalue weighted by atomic mass is 16.6. The van der Waals surface area contributed by atoms with Gasteiger partial charge in [-0.15, -0.1) is 5.10 Å². The highest BCUT2D eigenvalue weighted by Crippen LogP contribution is 2.19. The molecule has 0 saturated carbocycles. The van der Waals surface area contributed by atoms with Crippen LogP contribution in [0.2, 0.25) is 0 Å². The standard InChI is InChI=1S/C21H23N5O4/c1-14-10-15(2)12-19(11-14)30-9-8-24(4)21(27)20-16(3)25(23-22-20)17-6-5-7-18(13-17)26(28)29/h5-7,10-13H,8-9H2,1-4H3. The summed E-state index contributed by atoms with van der Waals surface area (Å²) in [4.78, 5) is 24.8. The molecule has 30 heavy (non-hydrogen) atoms. The van der Waals surface area contributed by atoms with E-state index in [2.05, 4.69) is 16.4 Å². The van der Waals surface area contributed by atoms with Gasteiger partial charge < -0.3 is 9.64 Å². The average molecular weight is 409 g/mol. The fourth-order valence-electron chi connectivity index (χ4n) is 3.11. The number of likely N-dealkylation sites (N-methyl/N-ethyl adjacent to an activating group) is 1. The summed E-state index contributed by atoms with van der Waals surface area (Å²) in [5.74, 6) is 0.467. The van der Waals surface area contributed by atoms with Gasteiger partial charge in [0, 0.05) is 19.2 Å². The number of aromatic nitrogens is 3. The van der Waals surface area contributed by atoms with Gasteiger partial charge in [-0.25, -0.2) is 4.68 Å². The van der Waals surface area contributed by atoms with E-state index >= 15 is 0 Å². The van der Waals surface area contributed by atoms with E-state index in [0.29, 0.717) is 24.5 Å². The summed E-state index contributed by atoms with van der Waals surface area (Å²) in [5, 5.41) is 19.0. The summed E-state index contributed by atoms with van der Waals surface area (Å²) in [7, 11) is 1.67. The first-order chi connectivity index (χ1) is 14.3. The minimum atomic E-state index is -0.481. The smallest absolute Gasteiger partial charge is 0.276 e. The Morgan fingerprint density at radius 3 is 2.53 bits per heavy atom. The van der Waals surface area contributed by atoms with Crippen LogP contribution in [0.5, 0.6) is 5.75 Å². The minimum absolute atomic E-state index is 0.0593. The SMILES string of the molecule is Cc1cc(C)cc(OCCN(C)C(=O)c2nnn(-c3cccc([N+](=O)[O-])c3)c2C)c1. The molecule has 0 aliphatic carbocycles. The van der Waals surface area contributed by atoms with Gasteiger partial charge in [-0.05, 0) is 50.1 Å². The lowest BCUT2D eigenvalue weighted by Crippen LogP contribution is -2.31. The molecule has 0 radical (unpaired) electrons. The number of non-ortho nitro benzene ring substituents is 1. The van der Waals surface area contributed by atoms with Gasteiger partial charge >= 0.3 is 0 Å². The Morgan fingerprint density at radius 1 is 1.17 bits per heavy atom. The van der Waals surface area contributed by atoms with Crippen molar-refractivity contribution >= 4 is 11.6 Å². The van der Waals surface area contributed by atoms with E-state index in [1.54, 1.807) is 26.1 Å². The van der Waals surface area contributed by atoms with Gasteiger partial charge in [0.15, 0.2) is 5.69 Å². The number of aryl methyl sites for hydroxylation is 2. The Kier molecular flexibility index (Phi) is 6.10. The quantitative estimate of drug-likeness (QED) is 0.438. The maximum Gasteiger partial charge on any atom is 0.276 e. The van der Waals surface area contributed by atoms with E-state index in [1.807, 2.05) is 26.0 Å². The van der Waals surface area contributed by atoms with E-state index in [1.165, 1.54) is 21.7 Å². The zero-order valence-electron chi connectivity index (χ0n) is 17.3. The third kappa shape index (κ3) is 4.62. The normalized spacial score (nSPS) is 10.7. The van der Waals surface area contributed by atoms with Crippen LogP contribution in [0.15, 0.2) is 42.5 Å². The summed E-state index contributed by atoms with van der Waals surface area (Å²) in [5.41, 5.74) is 3.33. The molecule has 0 unspecified atom stereocenters. The second-order valence-electron chi connectivity index (χ2n) is 7.11. The number of carbonyl (C=O) groups is 1. The van der Waals surface area contributed by atoms with Crippen LogP contribution in [0.25, 0.3) is 5.69 Å². The van der Waals surface area contributed by atoms with Crippen LogP contribution in [-0.4, -0.2) is 50.9 Å². The Bertz CT molecular complexity index is 1070. The van der Waals surface area contributed by atoms with Crippen molar-refractivity contribution in [3.05, 3.63) is 75.1 Å². The molecule has 0 spiro atoms. The van der Waals surface area contributed by atoms with Gasteiger partial charge in [-0.2, -0.15) is 0 Å². The molecule has 3 aromatic rings. The van der Waals surface area contributed by atoms with Crippen LogP contribution in [0.3, 0.4) is 0 Å². The molecule has 9 heteroatoms. The second kappa shape index (κ2) is 8.73. The molecule has 0 atom stereocenters. The van der Waals surface area contributed by atoms with Crippen molar-refractivity contribution in [1.82, 2.24) is 19.9 Å². The topological polar surface area (TPSA) is 103 Å². The van der Waals surface area contributed by atoms with Gasteiger partial charge in [-0.1, -0.05) is 17.3 Å². The Morgan fingerprint density at radius 2 is 1.87 bits per heavy atom. The lowest BCUT2D eigenvalue weighted by Gasteiger charge is -2.17. The third-order valence-electron chi connectivity index (χ3n) is 4.62. The van der Waals surface area contributed by atoms with Gasteiger partial charge in [-0.3, -0.25) is 14.9 Å². The molecule has 9 nitrogen and oxygen atoms in total. The van der Waals surface area contributed by atoms with Crippen molar-refractivity contribution < 1.29 is 14.5 Å². The van der Waals surface area contributed by atoms with E-state index in [-0.39, 0.29) is 17.3 Å². The minimum Gasteiger partial charge on any atom is -0.492 e. The van der Waals surface area contributed by atoms with Crippen LogP contribution in [0, 0.1) is 30.9 Å². The largest absolute Gasteiger partial charge is 0.492 e. The maximum atomic E-state index is 12.8. The molecule has 0 bridgehead atoms. The molecule has 3 rings (SSSR count). The van der Waals surface area contributed by atoms with Crippen LogP contribution >= 0.6 is 0 Å². The summed E-state index contributed by atoms with van der Waals surface area (Å²) >= 11 is 0. The molecule has 0 aliphatic heterocycles. The number of hydrogen-bond donors (Lipinski definition) is 0. The van der Waals surface area contributed by atoms with Crippen LogP contribution in [0.4, 0.5) is 5.69 Å². The van der Waals surface area contributed by atoms with Crippen molar-refractivity contribution in [2.45, 2.75) is 20.8 Å². The van der Waals surface area contributed by atoms with Crippen molar-refractivity contribution in [1.29, 1.82) is 0 Å². The molecule has 0 N–H and O–H groups in total. The molecular formula is C21H23N5O4. The molecular weight excluding hydrogens is 386 g/mol. The fourth-order valence-corrected chi connectivity index (χ4v) is 3.11. The summed E-state index contributed by atoms with van der Waals surface area (Å²) < 4.78 is 7.18. The number of nitro benzene ring substituents is 1. The summed E-state index contributed by atoms with van der Waals surface area (Å²) in [6.45, 7) is 6.41. The molecule has 0 aliphatic rings. The van der Waals surface area contributed by atoms with Crippen LogP contribution in [0.1, 0.15) is 27.3 Å². The lowest BCUT2D eigenvalue weighted by atomic mass is 10.1. The van der Waals surface area contributed by atoms with E-state index in [9.17, 15) is 14.9 Å². The van der Waals surface area contributed by atoms with Crippen LogP contribution in [-0.2, 0) is 0 Å². The Balaban J connectivity index is 1.68. The van der Waals surface area contributed by atoms with Crippen molar-refractivity contribution in [3.63, 3.8) is 0 Å². The van der Waals surface area contributed by atoms with Crippen LogP contribution < -0.4 is 4.74 Å². The number of ether oxygens (including phenoxy) is 1. The number of amides is 1. The molecule has 0 fully saturated rings. The van der Waals surface area contributed by atoms with Crippen molar-refractivity contribution in [2.24, 2.45) is 0 Å². The fraction of sp³-hybridized carbons (Fsp3) is 0.286. The molecule has 0 saturated heterocycles. The van der Waals surface area contributed by atoms with Gasteiger partial charge in [0.2, 0.25) is 0 Å². The first-order valence-corrected chi connectivity index (χ1v) is 9.40. The van der Waals surface area contributed by atoms with Gasteiger partial charge in [0.05, 0.1) is 22.8 Å². The second-order valence-corrected chi connectivity index (χ2v) is 7.11. The van der Waals surface area contributed by atoms with Crippen molar-refractivity contribution in [2.75, 3.05) is 20.2 Å². The van der Waals surface area contributed by atoms with Gasteiger partial charge in [0.25, 0.3) is 11.6 Å². The third-order valence-corrected chi connectivity index (χ3v) is 4.62. The number of nitrogens with zero attached hydrogens (tertiary/aromatic N) is 5. The van der Waals surface area contributed by atoms with Crippen molar-refractivity contribution in [3.8, 4) is 11.4 Å². The molecule has 2 aromatic carbocycles. The number of benzene rings is 2. The maximum absolute atomic E-state index is 12.8. The highest BCUT2D eigenvalue weighted by molar-refractivity contribution is 5.93. The number of hydrogen-bond acceptors (Lipinski definition) is 6. The predicted molar refractivity (Wildman–Crippen MR) is 111 cm³/mol. The monoisotopic (exact) mass is 409 g/mol. The number of rotatable bonds is 7. The Hall–Kier alpha value is -3.75. The number of nitro groups is 1. The lowest BCUT2D eigenvalue weighted by molar-refractivity contribution is -0.384. The average Bonchev–Trinajstić information content (AvgIpc) is 3.08. The van der Waals surface area contributed by atoms with Gasteiger partial charge in [0.1, 0.15) is 12.4 Å². The molecule has 1 aromatic heterocycles. The molecule has 1 heterocycles. The molecule has 1 amide bonds. The highest BCUT2D eigenvalue weighted by Gasteiger charge is 2.21. The summed E-state index contributed by atoms with van der Waals surface area (Å²) in [6.07, 6.45) is 0. The predicted octanol–water partition coefficient (Wildman–Crippen LogP) is 3.25. The van der Waals surface area contributed by atoms with E-state index in [4.69, 9.17) is 4.74 Å². The van der Waals surface area contributed by atoms with E-state index < -0.39 is 4.92 Å². The first kappa shape index (κ1) is 21.0. The van der Waals surface area contributed by atoms with E-state index in [0.717, 1.165) is 16.9 Å².